The maximum atomic E-state index is 3.76. The quantitative estimate of drug-likeness (QED) is 0.791. The molecule has 1 saturated carbocycles. The van der Waals surface area contributed by atoms with Crippen LogP contribution in [0.1, 0.15) is 66.2 Å². The van der Waals surface area contributed by atoms with Gasteiger partial charge in [0.05, 0.1) is 0 Å². The molecule has 2 heteroatoms. The number of hydrogen-bond donors (Lipinski definition) is 1. The zero-order valence-electron chi connectivity index (χ0n) is 15.0. The third-order valence-electron chi connectivity index (χ3n) is 5.77. The van der Waals surface area contributed by atoms with E-state index in [4.69, 9.17) is 0 Å². The Balaban J connectivity index is 1.55. The first kappa shape index (κ1) is 17.3. The van der Waals surface area contributed by atoms with E-state index in [9.17, 15) is 0 Å². The van der Waals surface area contributed by atoms with Crippen LogP contribution in [0, 0.1) is 23.2 Å². The molecule has 0 spiro atoms. The normalized spacial score (nSPS) is 29.7. The van der Waals surface area contributed by atoms with Crippen molar-refractivity contribution in [3.63, 3.8) is 0 Å². The van der Waals surface area contributed by atoms with Gasteiger partial charge in [-0.1, -0.05) is 27.7 Å². The summed E-state index contributed by atoms with van der Waals surface area (Å²) in [6.45, 7) is 16.1. The lowest BCUT2D eigenvalue weighted by Gasteiger charge is -2.37. The molecule has 0 radical (unpaired) electrons. The number of likely N-dealkylation sites (tertiary alicyclic amines) is 1. The Morgan fingerprint density at radius 1 is 1.05 bits per heavy atom. The summed E-state index contributed by atoms with van der Waals surface area (Å²) in [6, 6.07) is 0. The van der Waals surface area contributed by atoms with E-state index in [2.05, 4.69) is 37.9 Å². The van der Waals surface area contributed by atoms with E-state index < -0.39 is 0 Å². The van der Waals surface area contributed by atoms with Crippen molar-refractivity contribution >= 4 is 0 Å². The molecule has 1 saturated heterocycles. The van der Waals surface area contributed by atoms with Gasteiger partial charge in [-0.15, -0.1) is 0 Å². The summed E-state index contributed by atoms with van der Waals surface area (Å²) in [5, 5.41) is 3.76. The molecule has 2 nitrogen and oxygen atoms in total. The molecule has 1 atom stereocenters. The minimum Gasteiger partial charge on any atom is -0.316 e. The van der Waals surface area contributed by atoms with Crippen molar-refractivity contribution in [1.29, 1.82) is 0 Å². The molecule has 0 aromatic rings. The molecule has 2 rings (SSSR count). The lowest BCUT2D eigenvalue weighted by atomic mass is 9.70. The third kappa shape index (κ3) is 5.90. The summed E-state index contributed by atoms with van der Waals surface area (Å²) in [5.41, 5.74) is 0.517. The van der Waals surface area contributed by atoms with Crippen molar-refractivity contribution in [2.45, 2.75) is 66.2 Å². The molecule has 124 valence electrons. The van der Waals surface area contributed by atoms with Crippen LogP contribution in [0.2, 0.25) is 0 Å². The van der Waals surface area contributed by atoms with Crippen molar-refractivity contribution < 1.29 is 0 Å². The van der Waals surface area contributed by atoms with Crippen molar-refractivity contribution in [2.24, 2.45) is 23.2 Å². The summed E-state index contributed by atoms with van der Waals surface area (Å²) in [6.07, 6.45) is 8.59. The molecule has 1 unspecified atom stereocenters. The first-order chi connectivity index (χ1) is 9.95. The Labute approximate surface area is 133 Å². The van der Waals surface area contributed by atoms with Gasteiger partial charge < -0.3 is 10.2 Å². The van der Waals surface area contributed by atoms with Gasteiger partial charge in [-0.3, -0.25) is 0 Å². The maximum Gasteiger partial charge on any atom is 0.00191 e. The lowest BCUT2D eigenvalue weighted by Crippen LogP contribution is -2.35. The SMILES string of the molecule is CC(CNCC1CCC(C(C)(C)C)CC1)CN1CCCC1. The molecule has 21 heavy (non-hydrogen) atoms. The van der Waals surface area contributed by atoms with Crippen molar-refractivity contribution in [1.82, 2.24) is 10.2 Å². The zero-order chi connectivity index (χ0) is 15.3. The number of hydrogen-bond acceptors (Lipinski definition) is 2. The van der Waals surface area contributed by atoms with Gasteiger partial charge in [-0.05, 0) is 87.9 Å². The minimum atomic E-state index is 0.517. The Kier molecular flexibility index (Phi) is 6.55. The molecule has 0 bridgehead atoms. The van der Waals surface area contributed by atoms with Gasteiger partial charge in [0.25, 0.3) is 0 Å². The highest BCUT2D eigenvalue weighted by atomic mass is 15.1. The smallest absolute Gasteiger partial charge is 0.00191 e. The monoisotopic (exact) mass is 294 g/mol. The highest BCUT2D eigenvalue weighted by molar-refractivity contribution is 4.81. The van der Waals surface area contributed by atoms with E-state index in [0.717, 1.165) is 17.8 Å². The van der Waals surface area contributed by atoms with E-state index in [-0.39, 0.29) is 0 Å². The topological polar surface area (TPSA) is 15.3 Å². The van der Waals surface area contributed by atoms with Crippen LogP contribution in [0.25, 0.3) is 0 Å². The van der Waals surface area contributed by atoms with Crippen LogP contribution in [0.15, 0.2) is 0 Å². The van der Waals surface area contributed by atoms with Crippen molar-refractivity contribution in [3.05, 3.63) is 0 Å². The Morgan fingerprint density at radius 2 is 1.67 bits per heavy atom. The largest absolute Gasteiger partial charge is 0.316 e. The van der Waals surface area contributed by atoms with Crippen molar-refractivity contribution in [3.8, 4) is 0 Å². The van der Waals surface area contributed by atoms with Crippen LogP contribution in [0.5, 0.6) is 0 Å². The second-order valence-corrected chi connectivity index (χ2v) is 8.85. The molecular formula is C19H38N2. The van der Waals surface area contributed by atoms with Crippen molar-refractivity contribution in [2.75, 3.05) is 32.7 Å². The average molecular weight is 295 g/mol. The Morgan fingerprint density at radius 3 is 2.24 bits per heavy atom. The van der Waals surface area contributed by atoms with E-state index in [1.807, 2.05) is 0 Å². The van der Waals surface area contributed by atoms with Crippen LogP contribution in [0.4, 0.5) is 0 Å². The molecule has 1 heterocycles. The highest BCUT2D eigenvalue weighted by Gasteiger charge is 2.29. The molecule has 1 aliphatic carbocycles. The predicted octanol–water partition coefficient (Wildman–Crippen LogP) is 4.16. The zero-order valence-corrected chi connectivity index (χ0v) is 15.0. The van der Waals surface area contributed by atoms with E-state index in [1.54, 1.807) is 0 Å². The van der Waals surface area contributed by atoms with Gasteiger partial charge in [-0.2, -0.15) is 0 Å². The van der Waals surface area contributed by atoms with Crippen LogP contribution < -0.4 is 5.32 Å². The number of nitrogens with one attached hydrogen (secondary N) is 1. The molecule has 1 aliphatic heterocycles. The lowest BCUT2D eigenvalue weighted by molar-refractivity contribution is 0.148. The molecule has 2 aliphatic rings. The summed E-state index contributed by atoms with van der Waals surface area (Å²) < 4.78 is 0. The molecular weight excluding hydrogens is 256 g/mol. The molecule has 1 N–H and O–H groups in total. The number of nitrogens with zero attached hydrogens (tertiary/aromatic N) is 1. The van der Waals surface area contributed by atoms with Crippen LogP contribution in [-0.2, 0) is 0 Å². The van der Waals surface area contributed by atoms with Crippen LogP contribution in [0.3, 0.4) is 0 Å². The highest BCUT2D eigenvalue weighted by Crippen LogP contribution is 2.39. The summed E-state index contributed by atoms with van der Waals surface area (Å²) in [4.78, 5) is 2.64. The molecule has 0 aromatic carbocycles. The van der Waals surface area contributed by atoms with E-state index in [0.29, 0.717) is 5.41 Å². The number of rotatable bonds is 6. The molecule has 2 fully saturated rings. The average Bonchev–Trinajstić information content (AvgIpc) is 2.91. The van der Waals surface area contributed by atoms with Crippen LogP contribution in [-0.4, -0.2) is 37.6 Å². The first-order valence-electron chi connectivity index (χ1n) is 9.38. The van der Waals surface area contributed by atoms with Gasteiger partial charge >= 0.3 is 0 Å². The van der Waals surface area contributed by atoms with Gasteiger partial charge in [0, 0.05) is 6.54 Å². The second-order valence-electron chi connectivity index (χ2n) is 8.85. The van der Waals surface area contributed by atoms with Gasteiger partial charge in [0.1, 0.15) is 0 Å². The molecule has 0 aromatic heterocycles. The fourth-order valence-electron chi connectivity index (χ4n) is 4.24. The Bertz CT molecular complexity index is 280. The summed E-state index contributed by atoms with van der Waals surface area (Å²) in [7, 11) is 0. The standard InChI is InChI=1S/C19H38N2/c1-16(15-21-11-5-6-12-21)13-20-14-17-7-9-18(10-8-17)19(2,3)4/h16-18,20H,5-15H2,1-4H3. The van der Waals surface area contributed by atoms with E-state index >= 15 is 0 Å². The van der Waals surface area contributed by atoms with E-state index in [1.165, 1.54) is 71.2 Å². The van der Waals surface area contributed by atoms with Crippen LogP contribution >= 0.6 is 0 Å². The maximum absolute atomic E-state index is 3.76. The van der Waals surface area contributed by atoms with Gasteiger partial charge in [-0.25, -0.2) is 0 Å². The Hall–Kier alpha value is -0.0800. The van der Waals surface area contributed by atoms with Gasteiger partial charge in [0.15, 0.2) is 0 Å². The fourth-order valence-corrected chi connectivity index (χ4v) is 4.24. The first-order valence-corrected chi connectivity index (χ1v) is 9.38. The second kappa shape index (κ2) is 7.97. The summed E-state index contributed by atoms with van der Waals surface area (Å²) >= 11 is 0. The minimum absolute atomic E-state index is 0.517. The van der Waals surface area contributed by atoms with Gasteiger partial charge in [0.2, 0.25) is 0 Å². The summed E-state index contributed by atoms with van der Waals surface area (Å²) in [5.74, 6) is 2.68. The third-order valence-corrected chi connectivity index (χ3v) is 5.77. The fraction of sp³-hybridized carbons (Fsp3) is 1.00. The molecule has 0 amide bonds. The predicted molar refractivity (Wildman–Crippen MR) is 92.6 cm³/mol.